The zero-order chi connectivity index (χ0) is 14.1. The lowest BCUT2D eigenvalue weighted by Gasteiger charge is -2.15. The molecule has 0 aromatic heterocycles. The summed E-state index contributed by atoms with van der Waals surface area (Å²) in [5, 5.41) is 5.66. The SMILES string of the molecule is C#CCNCC(=O)NC(C)COc1ccc(C)cc1. The lowest BCUT2D eigenvalue weighted by Crippen LogP contribution is -2.41. The van der Waals surface area contributed by atoms with Crippen LogP contribution in [0.1, 0.15) is 12.5 Å². The van der Waals surface area contributed by atoms with Gasteiger partial charge in [0.25, 0.3) is 0 Å². The van der Waals surface area contributed by atoms with Crippen LogP contribution in [-0.2, 0) is 4.79 Å². The fourth-order valence-electron chi connectivity index (χ4n) is 1.47. The maximum Gasteiger partial charge on any atom is 0.234 e. The van der Waals surface area contributed by atoms with E-state index in [4.69, 9.17) is 11.2 Å². The van der Waals surface area contributed by atoms with Gasteiger partial charge in [-0.25, -0.2) is 0 Å². The summed E-state index contributed by atoms with van der Waals surface area (Å²) < 4.78 is 5.58. The Labute approximate surface area is 114 Å². The molecule has 2 N–H and O–H groups in total. The highest BCUT2D eigenvalue weighted by Gasteiger charge is 2.07. The molecule has 0 saturated carbocycles. The van der Waals surface area contributed by atoms with E-state index in [2.05, 4.69) is 16.6 Å². The molecule has 0 heterocycles. The first-order valence-corrected chi connectivity index (χ1v) is 6.25. The molecule has 0 fully saturated rings. The number of nitrogens with one attached hydrogen (secondary N) is 2. The third kappa shape index (κ3) is 6.49. The van der Waals surface area contributed by atoms with Crippen LogP contribution in [0, 0.1) is 19.3 Å². The maximum absolute atomic E-state index is 11.5. The minimum atomic E-state index is -0.0877. The van der Waals surface area contributed by atoms with Gasteiger partial charge in [-0.1, -0.05) is 23.6 Å². The number of terminal acetylenes is 1. The van der Waals surface area contributed by atoms with Crippen molar-refractivity contribution in [2.45, 2.75) is 19.9 Å². The van der Waals surface area contributed by atoms with Crippen molar-refractivity contribution in [1.82, 2.24) is 10.6 Å². The van der Waals surface area contributed by atoms with Crippen molar-refractivity contribution >= 4 is 5.91 Å². The minimum Gasteiger partial charge on any atom is -0.491 e. The Hall–Kier alpha value is -1.99. The summed E-state index contributed by atoms with van der Waals surface area (Å²) in [4.78, 5) is 11.5. The molecule has 1 aromatic rings. The zero-order valence-electron chi connectivity index (χ0n) is 11.4. The van der Waals surface area contributed by atoms with Crippen LogP contribution in [0.2, 0.25) is 0 Å². The van der Waals surface area contributed by atoms with Crippen molar-refractivity contribution in [3.8, 4) is 18.1 Å². The van der Waals surface area contributed by atoms with E-state index in [9.17, 15) is 4.79 Å². The van der Waals surface area contributed by atoms with Crippen LogP contribution in [0.25, 0.3) is 0 Å². The van der Waals surface area contributed by atoms with Crippen LogP contribution >= 0.6 is 0 Å². The van der Waals surface area contributed by atoms with Crippen molar-refractivity contribution in [1.29, 1.82) is 0 Å². The third-order valence-corrected chi connectivity index (χ3v) is 2.44. The number of amides is 1. The number of aryl methyl sites for hydroxylation is 1. The van der Waals surface area contributed by atoms with E-state index in [1.165, 1.54) is 5.56 Å². The van der Waals surface area contributed by atoms with Crippen LogP contribution in [0.4, 0.5) is 0 Å². The first kappa shape index (κ1) is 15.1. The Bertz CT molecular complexity index is 434. The van der Waals surface area contributed by atoms with Gasteiger partial charge in [-0.05, 0) is 26.0 Å². The molecule has 1 amide bonds. The summed E-state index contributed by atoms with van der Waals surface area (Å²) in [6.07, 6.45) is 5.07. The van der Waals surface area contributed by atoms with E-state index in [0.29, 0.717) is 13.2 Å². The van der Waals surface area contributed by atoms with Gasteiger partial charge in [0, 0.05) is 0 Å². The van der Waals surface area contributed by atoms with E-state index < -0.39 is 0 Å². The summed E-state index contributed by atoms with van der Waals surface area (Å²) >= 11 is 0. The van der Waals surface area contributed by atoms with Crippen molar-refractivity contribution in [2.75, 3.05) is 19.7 Å². The van der Waals surface area contributed by atoms with Crippen LogP contribution in [-0.4, -0.2) is 31.6 Å². The molecule has 102 valence electrons. The summed E-state index contributed by atoms with van der Waals surface area (Å²) in [6.45, 7) is 4.97. The quantitative estimate of drug-likeness (QED) is 0.570. The third-order valence-electron chi connectivity index (χ3n) is 2.44. The van der Waals surface area contributed by atoms with Gasteiger partial charge in [0.15, 0.2) is 0 Å². The van der Waals surface area contributed by atoms with E-state index in [1.807, 2.05) is 38.1 Å². The normalized spacial score (nSPS) is 11.4. The molecule has 0 bridgehead atoms. The number of carbonyl (C=O) groups is 1. The summed E-state index contributed by atoms with van der Waals surface area (Å²) in [5.41, 5.74) is 1.19. The van der Waals surface area contributed by atoms with Gasteiger partial charge in [0.05, 0.1) is 19.1 Å². The Morgan fingerprint density at radius 2 is 2.11 bits per heavy atom. The fourth-order valence-corrected chi connectivity index (χ4v) is 1.47. The number of benzene rings is 1. The van der Waals surface area contributed by atoms with Gasteiger partial charge < -0.3 is 10.1 Å². The van der Waals surface area contributed by atoms with Gasteiger partial charge in [0.2, 0.25) is 5.91 Å². The average Bonchev–Trinajstić information content (AvgIpc) is 2.38. The lowest BCUT2D eigenvalue weighted by atomic mass is 10.2. The summed E-state index contributed by atoms with van der Waals surface area (Å²) in [5.74, 6) is 3.13. The van der Waals surface area contributed by atoms with Crippen molar-refractivity contribution in [3.05, 3.63) is 29.8 Å². The highest BCUT2D eigenvalue weighted by Crippen LogP contribution is 2.11. The lowest BCUT2D eigenvalue weighted by molar-refractivity contribution is -0.121. The molecule has 1 aromatic carbocycles. The highest BCUT2D eigenvalue weighted by molar-refractivity contribution is 5.78. The second-order valence-corrected chi connectivity index (χ2v) is 4.40. The molecule has 4 heteroatoms. The first-order chi connectivity index (χ1) is 9.11. The van der Waals surface area contributed by atoms with Crippen molar-refractivity contribution in [2.24, 2.45) is 0 Å². The smallest absolute Gasteiger partial charge is 0.234 e. The molecule has 1 unspecified atom stereocenters. The molecular formula is C15H20N2O2. The predicted octanol–water partition coefficient (Wildman–Crippen LogP) is 1.10. The molecule has 0 radical (unpaired) electrons. The summed E-state index contributed by atoms with van der Waals surface area (Å²) in [6, 6.07) is 7.75. The largest absolute Gasteiger partial charge is 0.491 e. The number of carbonyl (C=O) groups excluding carboxylic acids is 1. The van der Waals surface area contributed by atoms with Gasteiger partial charge >= 0.3 is 0 Å². The van der Waals surface area contributed by atoms with E-state index in [0.717, 1.165) is 5.75 Å². The standard InChI is InChI=1S/C15H20N2O2/c1-4-9-16-10-15(18)17-13(3)11-19-14-7-5-12(2)6-8-14/h1,5-8,13,16H,9-11H2,2-3H3,(H,17,18). The van der Waals surface area contributed by atoms with Crippen molar-refractivity contribution < 1.29 is 9.53 Å². The maximum atomic E-state index is 11.5. The molecular weight excluding hydrogens is 240 g/mol. The number of hydrogen-bond acceptors (Lipinski definition) is 3. The van der Waals surface area contributed by atoms with Crippen LogP contribution < -0.4 is 15.4 Å². The van der Waals surface area contributed by atoms with E-state index in [-0.39, 0.29) is 18.5 Å². The molecule has 4 nitrogen and oxygen atoms in total. The average molecular weight is 260 g/mol. The molecule has 0 aliphatic rings. The molecule has 1 rings (SSSR count). The number of ether oxygens (including phenoxy) is 1. The molecule has 1 atom stereocenters. The first-order valence-electron chi connectivity index (χ1n) is 6.25. The monoisotopic (exact) mass is 260 g/mol. The van der Waals surface area contributed by atoms with Gasteiger partial charge in [-0.2, -0.15) is 0 Å². The minimum absolute atomic E-state index is 0.0542. The topological polar surface area (TPSA) is 50.4 Å². The van der Waals surface area contributed by atoms with E-state index >= 15 is 0 Å². The fraction of sp³-hybridized carbons (Fsp3) is 0.400. The van der Waals surface area contributed by atoms with Crippen LogP contribution in [0.5, 0.6) is 5.75 Å². The Morgan fingerprint density at radius 1 is 1.42 bits per heavy atom. The van der Waals surface area contributed by atoms with Gasteiger partial charge in [-0.3, -0.25) is 10.1 Å². The number of rotatable bonds is 7. The second kappa shape index (κ2) is 8.17. The van der Waals surface area contributed by atoms with Crippen molar-refractivity contribution in [3.63, 3.8) is 0 Å². The summed E-state index contributed by atoms with van der Waals surface area (Å²) in [7, 11) is 0. The number of hydrogen-bond donors (Lipinski definition) is 2. The second-order valence-electron chi connectivity index (χ2n) is 4.40. The molecule has 0 aliphatic heterocycles. The van der Waals surface area contributed by atoms with Crippen LogP contribution in [0.3, 0.4) is 0 Å². The zero-order valence-corrected chi connectivity index (χ0v) is 11.4. The molecule has 19 heavy (non-hydrogen) atoms. The Kier molecular flexibility index (Phi) is 6.48. The highest BCUT2D eigenvalue weighted by atomic mass is 16.5. The Balaban J connectivity index is 2.24. The van der Waals surface area contributed by atoms with Gasteiger partial charge in [-0.15, -0.1) is 6.42 Å². The molecule has 0 spiro atoms. The van der Waals surface area contributed by atoms with E-state index in [1.54, 1.807) is 0 Å². The predicted molar refractivity (Wildman–Crippen MR) is 76.0 cm³/mol. The van der Waals surface area contributed by atoms with Gasteiger partial charge in [0.1, 0.15) is 12.4 Å². The molecule has 0 saturated heterocycles. The Morgan fingerprint density at radius 3 is 2.74 bits per heavy atom. The van der Waals surface area contributed by atoms with Crippen LogP contribution in [0.15, 0.2) is 24.3 Å². The molecule has 0 aliphatic carbocycles.